The molecule has 1 saturated heterocycles. The number of likely N-dealkylation sites (tertiary alicyclic amines) is 1. The number of hydrogen-bond acceptors (Lipinski definition) is 2. The lowest BCUT2D eigenvalue weighted by Gasteiger charge is -2.36. The van der Waals surface area contributed by atoms with E-state index in [1.54, 1.807) is 0 Å². The second-order valence-corrected chi connectivity index (χ2v) is 5.85. The van der Waals surface area contributed by atoms with E-state index in [0.29, 0.717) is 23.8 Å². The minimum atomic E-state index is 0. The zero-order valence-corrected chi connectivity index (χ0v) is 11.9. The third-order valence-electron chi connectivity index (χ3n) is 3.61. The fourth-order valence-electron chi connectivity index (χ4n) is 2.79. The van der Waals surface area contributed by atoms with Gasteiger partial charge in [0.2, 0.25) is 5.91 Å². The molecule has 1 amide bonds. The molecule has 2 rings (SSSR count). The van der Waals surface area contributed by atoms with Gasteiger partial charge in [0.1, 0.15) is 0 Å². The molecule has 1 aliphatic carbocycles. The summed E-state index contributed by atoms with van der Waals surface area (Å²) in [5.74, 6) is 1.60. The van der Waals surface area contributed by atoms with E-state index >= 15 is 0 Å². The van der Waals surface area contributed by atoms with E-state index in [2.05, 4.69) is 24.1 Å². The molecule has 2 aliphatic rings. The maximum atomic E-state index is 12.2. The first kappa shape index (κ1) is 14.8. The number of hydrogen-bond donors (Lipinski definition) is 1. The second-order valence-electron chi connectivity index (χ2n) is 5.85. The first-order valence-corrected chi connectivity index (χ1v) is 6.61. The molecule has 3 atom stereocenters. The topological polar surface area (TPSA) is 32.3 Å². The van der Waals surface area contributed by atoms with Gasteiger partial charge in [0.15, 0.2) is 0 Å². The van der Waals surface area contributed by atoms with Crippen molar-refractivity contribution in [2.75, 3.05) is 13.1 Å². The van der Waals surface area contributed by atoms with Crippen LogP contribution in [0.4, 0.5) is 0 Å². The van der Waals surface area contributed by atoms with Gasteiger partial charge in [-0.05, 0) is 38.0 Å². The molecule has 2 fully saturated rings. The molecular formula is C13H25ClN2O. The quantitative estimate of drug-likeness (QED) is 0.843. The summed E-state index contributed by atoms with van der Waals surface area (Å²) in [5.41, 5.74) is 0. The third kappa shape index (κ3) is 4.14. The standard InChI is InChI=1S/C13H24N2O.ClH/c1-9-6-10(2)8-15(7-9)13(16)11(3)14-12-4-5-12;/h9-12,14H,4-8H2,1-3H3;1H. The van der Waals surface area contributed by atoms with Crippen LogP contribution in [0.2, 0.25) is 0 Å². The van der Waals surface area contributed by atoms with E-state index in [1.165, 1.54) is 19.3 Å². The largest absolute Gasteiger partial charge is 0.341 e. The second kappa shape index (κ2) is 6.05. The zero-order chi connectivity index (χ0) is 11.7. The van der Waals surface area contributed by atoms with Gasteiger partial charge in [-0.3, -0.25) is 4.79 Å². The van der Waals surface area contributed by atoms with E-state index < -0.39 is 0 Å². The number of carbonyl (C=O) groups excluding carboxylic acids is 1. The molecule has 100 valence electrons. The summed E-state index contributed by atoms with van der Waals surface area (Å²) in [6.45, 7) is 8.38. The van der Waals surface area contributed by atoms with Crippen molar-refractivity contribution in [3.05, 3.63) is 0 Å². The minimum absolute atomic E-state index is 0. The summed E-state index contributed by atoms with van der Waals surface area (Å²) >= 11 is 0. The van der Waals surface area contributed by atoms with Crippen LogP contribution in [-0.4, -0.2) is 36.0 Å². The molecule has 0 aromatic rings. The van der Waals surface area contributed by atoms with Gasteiger partial charge in [-0.15, -0.1) is 12.4 Å². The van der Waals surface area contributed by atoms with E-state index in [1.807, 2.05) is 6.92 Å². The minimum Gasteiger partial charge on any atom is -0.341 e. The van der Waals surface area contributed by atoms with Crippen molar-refractivity contribution < 1.29 is 4.79 Å². The zero-order valence-electron chi connectivity index (χ0n) is 11.1. The molecule has 0 aromatic carbocycles. The predicted molar refractivity (Wildman–Crippen MR) is 72.4 cm³/mol. The molecule has 3 nitrogen and oxygen atoms in total. The molecule has 0 bridgehead atoms. The molecule has 17 heavy (non-hydrogen) atoms. The highest BCUT2D eigenvalue weighted by atomic mass is 35.5. The lowest BCUT2D eigenvalue weighted by atomic mass is 9.91. The fraction of sp³-hybridized carbons (Fsp3) is 0.923. The van der Waals surface area contributed by atoms with E-state index in [-0.39, 0.29) is 18.4 Å². The summed E-state index contributed by atoms with van der Waals surface area (Å²) in [6.07, 6.45) is 3.74. The van der Waals surface area contributed by atoms with Crippen LogP contribution in [0.3, 0.4) is 0 Å². The molecule has 1 N–H and O–H groups in total. The SMILES string of the molecule is CC1CC(C)CN(C(=O)C(C)NC2CC2)C1.Cl. The van der Waals surface area contributed by atoms with Gasteiger partial charge in [-0.25, -0.2) is 0 Å². The average molecular weight is 261 g/mol. The number of amides is 1. The van der Waals surface area contributed by atoms with Crippen molar-refractivity contribution in [2.45, 2.75) is 52.1 Å². The Morgan fingerprint density at radius 1 is 1.24 bits per heavy atom. The highest BCUT2D eigenvalue weighted by Crippen LogP contribution is 2.23. The maximum Gasteiger partial charge on any atom is 0.239 e. The Hall–Kier alpha value is -0.280. The summed E-state index contributed by atoms with van der Waals surface area (Å²) in [4.78, 5) is 14.3. The molecule has 0 aromatic heterocycles. The Morgan fingerprint density at radius 2 is 1.76 bits per heavy atom. The Balaban J connectivity index is 0.00000144. The Kier molecular flexibility index (Phi) is 5.26. The normalized spacial score (nSPS) is 30.6. The summed E-state index contributed by atoms with van der Waals surface area (Å²) in [5, 5.41) is 3.39. The van der Waals surface area contributed by atoms with Crippen LogP contribution >= 0.6 is 12.4 Å². The fourth-order valence-corrected chi connectivity index (χ4v) is 2.79. The van der Waals surface area contributed by atoms with Gasteiger partial charge in [-0.1, -0.05) is 13.8 Å². The van der Waals surface area contributed by atoms with Crippen LogP contribution < -0.4 is 5.32 Å². The Bertz CT molecular complexity index is 258. The van der Waals surface area contributed by atoms with Crippen molar-refractivity contribution >= 4 is 18.3 Å². The number of nitrogens with one attached hydrogen (secondary N) is 1. The van der Waals surface area contributed by atoms with Crippen molar-refractivity contribution in [3.63, 3.8) is 0 Å². The summed E-state index contributed by atoms with van der Waals surface area (Å²) in [7, 11) is 0. The van der Waals surface area contributed by atoms with Crippen molar-refractivity contribution in [1.29, 1.82) is 0 Å². The monoisotopic (exact) mass is 260 g/mol. The van der Waals surface area contributed by atoms with Crippen molar-refractivity contribution in [3.8, 4) is 0 Å². The van der Waals surface area contributed by atoms with Crippen LogP contribution in [0.5, 0.6) is 0 Å². The smallest absolute Gasteiger partial charge is 0.239 e. The molecule has 1 heterocycles. The summed E-state index contributed by atoms with van der Waals surface area (Å²) < 4.78 is 0. The van der Waals surface area contributed by atoms with Crippen LogP contribution in [-0.2, 0) is 4.79 Å². The molecule has 0 spiro atoms. The van der Waals surface area contributed by atoms with Crippen LogP contribution in [0.25, 0.3) is 0 Å². The van der Waals surface area contributed by atoms with Crippen molar-refractivity contribution in [1.82, 2.24) is 10.2 Å². The number of nitrogens with zero attached hydrogens (tertiary/aromatic N) is 1. The number of piperidine rings is 1. The lowest BCUT2D eigenvalue weighted by Crippen LogP contribution is -2.50. The summed E-state index contributed by atoms with van der Waals surface area (Å²) in [6, 6.07) is 0.614. The number of carbonyl (C=O) groups is 1. The third-order valence-corrected chi connectivity index (χ3v) is 3.61. The Labute approximate surface area is 111 Å². The van der Waals surface area contributed by atoms with Gasteiger partial charge >= 0.3 is 0 Å². The van der Waals surface area contributed by atoms with Gasteiger partial charge < -0.3 is 10.2 Å². The van der Waals surface area contributed by atoms with Gasteiger partial charge in [-0.2, -0.15) is 0 Å². The van der Waals surface area contributed by atoms with E-state index in [0.717, 1.165) is 13.1 Å². The lowest BCUT2D eigenvalue weighted by molar-refractivity contribution is -0.135. The first-order chi connectivity index (χ1) is 7.56. The van der Waals surface area contributed by atoms with Gasteiger partial charge in [0.05, 0.1) is 6.04 Å². The molecule has 4 heteroatoms. The predicted octanol–water partition coefficient (Wildman–Crippen LogP) is 2.05. The van der Waals surface area contributed by atoms with Crippen LogP contribution in [0.15, 0.2) is 0 Å². The van der Waals surface area contributed by atoms with Crippen LogP contribution in [0.1, 0.15) is 40.0 Å². The maximum absolute atomic E-state index is 12.2. The average Bonchev–Trinajstić information content (AvgIpc) is 2.99. The van der Waals surface area contributed by atoms with E-state index in [9.17, 15) is 4.79 Å². The number of rotatable bonds is 3. The molecule has 3 unspecified atom stereocenters. The van der Waals surface area contributed by atoms with Crippen molar-refractivity contribution in [2.24, 2.45) is 11.8 Å². The van der Waals surface area contributed by atoms with Crippen LogP contribution in [0, 0.1) is 11.8 Å². The molecular weight excluding hydrogens is 236 g/mol. The first-order valence-electron chi connectivity index (χ1n) is 6.61. The van der Waals surface area contributed by atoms with Gasteiger partial charge in [0, 0.05) is 19.1 Å². The molecule has 1 aliphatic heterocycles. The Morgan fingerprint density at radius 3 is 2.24 bits per heavy atom. The molecule has 0 radical (unpaired) electrons. The van der Waals surface area contributed by atoms with Gasteiger partial charge in [0.25, 0.3) is 0 Å². The van der Waals surface area contributed by atoms with E-state index in [4.69, 9.17) is 0 Å². The number of halogens is 1. The highest BCUT2D eigenvalue weighted by Gasteiger charge is 2.31. The molecule has 1 saturated carbocycles. The highest BCUT2D eigenvalue weighted by molar-refractivity contribution is 5.85.